The molecule has 1 amide bonds. The van der Waals surface area contributed by atoms with Crippen LogP contribution in [0, 0.1) is 5.92 Å². The summed E-state index contributed by atoms with van der Waals surface area (Å²) in [6.07, 6.45) is 1.74. The number of hydrogen-bond donors (Lipinski definition) is 0. The van der Waals surface area contributed by atoms with Crippen LogP contribution in [0.1, 0.15) is 47.8 Å². The normalized spacial score (nSPS) is 15.2. The molecule has 0 saturated heterocycles. The van der Waals surface area contributed by atoms with E-state index in [2.05, 4.69) is 38.1 Å². The first kappa shape index (κ1) is 22.9. The minimum absolute atomic E-state index is 0.0147. The van der Waals surface area contributed by atoms with Crippen LogP contribution in [0.5, 0.6) is 5.88 Å². The fourth-order valence-corrected chi connectivity index (χ4v) is 5.07. The lowest BCUT2D eigenvalue weighted by Crippen LogP contribution is -2.40. The number of rotatable bonds is 6. The Balaban J connectivity index is 1.67. The maximum atomic E-state index is 14.4. The van der Waals surface area contributed by atoms with Gasteiger partial charge in [0.1, 0.15) is 11.3 Å². The molecule has 3 aromatic carbocycles. The van der Waals surface area contributed by atoms with Crippen molar-refractivity contribution in [1.29, 1.82) is 0 Å². The van der Waals surface area contributed by atoms with Crippen LogP contribution in [0.3, 0.4) is 0 Å². The number of amides is 1. The predicted octanol–water partition coefficient (Wildman–Crippen LogP) is 6.33. The highest BCUT2D eigenvalue weighted by Crippen LogP contribution is 2.39. The van der Waals surface area contributed by atoms with E-state index >= 15 is 0 Å². The zero-order valence-corrected chi connectivity index (χ0v) is 20.5. The quantitative estimate of drug-likeness (QED) is 0.334. The number of benzene rings is 3. The number of methoxy groups -OCH3 is 1. The molecule has 1 unspecified atom stereocenters. The van der Waals surface area contributed by atoms with E-state index in [0.29, 0.717) is 29.6 Å². The van der Waals surface area contributed by atoms with Gasteiger partial charge in [-0.25, -0.2) is 0 Å². The molecule has 0 bridgehead atoms. The lowest BCUT2D eigenvalue weighted by Gasteiger charge is -2.38. The first-order valence-corrected chi connectivity index (χ1v) is 12.2. The number of aromatic nitrogens is 2. The van der Waals surface area contributed by atoms with Gasteiger partial charge in [0.15, 0.2) is 0 Å². The van der Waals surface area contributed by atoms with Crippen molar-refractivity contribution in [2.45, 2.75) is 32.7 Å². The summed E-state index contributed by atoms with van der Waals surface area (Å²) in [5, 5.41) is 4.91. The highest BCUT2D eigenvalue weighted by Gasteiger charge is 2.36. The van der Waals surface area contributed by atoms with Gasteiger partial charge in [0.05, 0.1) is 18.8 Å². The molecular formula is C30H31N3O2. The van der Waals surface area contributed by atoms with E-state index in [4.69, 9.17) is 9.84 Å². The summed E-state index contributed by atoms with van der Waals surface area (Å²) < 4.78 is 7.62. The molecule has 178 valence electrons. The van der Waals surface area contributed by atoms with E-state index in [1.54, 1.807) is 11.8 Å². The first-order valence-electron chi connectivity index (χ1n) is 12.2. The standard InChI is InChI=1S/C30H31N3O2/c1-21(2)20-26-25-17-11-10-12-22(25)18-19-32(26)29(34)27-28(23-13-6-4-7-14-23)31-33(30(27)35-3)24-15-8-5-9-16-24/h4-17,21,26H,18-20H2,1-3H3. The SMILES string of the molecule is COc1c(C(=O)N2CCc3ccccc3C2CC(C)C)c(-c2ccccc2)nn1-c1ccccc1. The van der Waals surface area contributed by atoms with Crippen molar-refractivity contribution in [2.24, 2.45) is 5.92 Å². The number of nitrogens with zero attached hydrogens (tertiary/aromatic N) is 3. The van der Waals surface area contributed by atoms with E-state index in [0.717, 1.165) is 24.1 Å². The molecule has 0 fully saturated rings. The fourth-order valence-electron chi connectivity index (χ4n) is 5.07. The maximum absolute atomic E-state index is 14.4. The number of ether oxygens (including phenoxy) is 1. The smallest absolute Gasteiger partial charge is 0.262 e. The monoisotopic (exact) mass is 465 g/mol. The van der Waals surface area contributed by atoms with Crippen LogP contribution in [0.25, 0.3) is 16.9 Å². The van der Waals surface area contributed by atoms with Crippen molar-refractivity contribution in [3.05, 3.63) is 102 Å². The maximum Gasteiger partial charge on any atom is 0.262 e. The average Bonchev–Trinajstić information content (AvgIpc) is 3.29. The number of carbonyl (C=O) groups is 1. The zero-order valence-electron chi connectivity index (χ0n) is 20.5. The van der Waals surface area contributed by atoms with Crippen molar-refractivity contribution in [3.63, 3.8) is 0 Å². The Morgan fingerprint density at radius 2 is 1.63 bits per heavy atom. The van der Waals surface area contributed by atoms with Gasteiger partial charge in [-0.1, -0.05) is 86.6 Å². The molecule has 2 heterocycles. The Morgan fingerprint density at radius 1 is 0.971 bits per heavy atom. The topological polar surface area (TPSA) is 47.4 Å². The summed E-state index contributed by atoms with van der Waals surface area (Å²) >= 11 is 0. The summed E-state index contributed by atoms with van der Waals surface area (Å²) in [5.41, 5.74) is 5.47. The van der Waals surface area contributed by atoms with Crippen molar-refractivity contribution >= 4 is 5.91 Å². The fraction of sp³-hybridized carbons (Fsp3) is 0.267. The number of para-hydroxylation sites is 1. The Hall–Kier alpha value is -3.86. The van der Waals surface area contributed by atoms with Crippen LogP contribution in [0.15, 0.2) is 84.9 Å². The third-order valence-corrected chi connectivity index (χ3v) is 6.67. The van der Waals surface area contributed by atoms with Crippen molar-refractivity contribution in [2.75, 3.05) is 13.7 Å². The van der Waals surface area contributed by atoms with Gasteiger partial charge < -0.3 is 9.64 Å². The molecule has 5 nitrogen and oxygen atoms in total. The summed E-state index contributed by atoms with van der Waals surface area (Å²) in [6.45, 7) is 5.09. The Morgan fingerprint density at radius 3 is 2.31 bits per heavy atom. The van der Waals surface area contributed by atoms with Gasteiger partial charge in [-0.05, 0) is 42.0 Å². The van der Waals surface area contributed by atoms with E-state index < -0.39 is 0 Å². The molecule has 1 aliphatic heterocycles. The molecule has 0 aliphatic carbocycles. The molecule has 0 N–H and O–H groups in total. The molecule has 0 spiro atoms. The largest absolute Gasteiger partial charge is 0.480 e. The minimum atomic E-state index is -0.0389. The van der Waals surface area contributed by atoms with Gasteiger partial charge in [-0.3, -0.25) is 4.79 Å². The van der Waals surface area contributed by atoms with Crippen LogP contribution < -0.4 is 4.74 Å². The minimum Gasteiger partial charge on any atom is -0.480 e. The van der Waals surface area contributed by atoms with E-state index in [-0.39, 0.29) is 11.9 Å². The summed E-state index contributed by atoms with van der Waals surface area (Å²) in [4.78, 5) is 16.4. The van der Waals surface area contributed by atoms with Gasteiger partial charge in [-0.2, -0.15) is 9.78 Å². The highest BCUT2D eigenvalue weighted by molar-refractivity contribution is 6.03. The predicted molar refractivity (Wildman–Crippen MR) is 139 cm³/mol. The average molecular weight is 466 g/mol. The second-order valence-electron chi connectivity index (χ2n) is 9.44. The third kappa shape index (κ3) is 4.34. The van der Waals surface area contributed by atoms with Crippen LogP contribution in [0.4, 0.5) is 0 Å². The number of carbonyl (C=O) groups excluding carboxylic acids is 1. The van der Waals surface area contributed by atoms with Crippen molar-refractivity contribution < 1.29 is 9.53 Å². The van der Waals surface area contributed by atoms with Gasteiger partial charge in [0, 0.05) is 12.1 Å². The molecular weight excluding hydrogens is 434 g/mol. The van der Waals surface area contributed by atoms with Crippen LogP contribution in [0.2, 0.25) is 0 Å². The van der Waals surface area contributed by atoms with Gasteiger partial charge in [0.25, 0.3) is 5.91 Å². The number of hydrogen-bond acceptors (Lipinski definition) is 3. The Kier molecular flexibility index (Phi) is 6.41. The zero-order chi connectivity index (χ0) is 24.4. The molecule has 1 aromatic heterocycles. The molecule has 5 rings (SSSR count). The van der Waals surface area contributed by atoms with Gasteiger partial charge in [-0.15, -0.1) is 0 Å². The Labute approximate surface area is 207 Å². The van der Waals surface area contributed by atoms with Gasteiger partial charge >= 0.3 is 0 Å². The molecule has 1 aliphatic rings. The molecule has 5 heteroatoms. The summed E-state index contributed by atoms with van der Waals surface area (Å²) in [6, 6.07) is 28.2. The summed E-state index contributed by atoms with van der Waals surface area (Å²) in [5.74, 6) is 0.870. The highest BCUT2D eigenvalue weighted by atomic mass is 16.5. The molecule has 35 heavy (non-hydrogen) atoms. The van der Waals surface area contributed by atoms with Crippen LogP contribution in [-0.4, -0.2) is 34.2 Å². The van der Waals surface area contributed by atoms with Crippen molar-refractivity contribution in [3.8, 4) is 22.8 Å². The summed E-state index contributed by atoms with van der Waals surface area (Å²) in [7, 11) is 1.61. The number of fused-ring (bicyclic) bond motifs is 1. The lowest BCUT2D eigenvalue weighted by atomic mass is 9.87. The lowest BCUT2D eigenvalue weighted by molar-refractivity contribution is 0.0633. The molecule has 1 atom stereocenters. The van der Waals surface area contributed by atoms with E-state index in [9.17, 15) is 4.79 Å². The van der Waals surface area contributed by atoms with Crippen LogP contribution in [-0.2, 0) is 6.42 Å². The van der Waals surface area contributed by atoms with E-state index in [1.165, 1.54) is 11.1 Å². The van der Waals surface area contributed by atoms with E-state index in [1.807, 2.05) is 65.6 Å². The first-order chi connectivity index (χ1) is 17.1. The van der Waals surface area contributed by atoms with Crippen molar-refractivity contribution in [1.82, 2.24) is 14.7 Å². The van der Waals surface area contributed by atoms with Crippen LogP contribution >= 0.6 is 0 Å². The molecule has 0 radical (unpaired) electrons. The third-order valence-electron chi connectivity index (χ3n) is 6.67. The molecule has 4 aromatic rings. The second-order valence-corrected chi connectivity index (χ2v) is 9.44. The molecule has 0 saturated carbocycles. The Bertz CT molecular complexity index is 1310. The second kappa shape index (κ2) is 9.79. The van der Waals surface area contributed by atoms with Gasteiger partial charge in [0.2, 0.25) is 5.88 Å².